The van der Waals surface area contributed by atoms with Crippen LogP contribution in [0.5, 0.6) is 0 Å². The molecule has 22 heavy (non-hydrogen) atoms. The van der Waals surface area contributed by atoms with Crippen LogP contribution in [0, 0.1) is 34.5 Å². The number of rotatable bonds is 0. The number of ketones is 1. The van der Waals surface area contributed by atoms with E-state index in [1.807, 2.05) is 13.0 Å². The van der Waals surface area contributed by atoms with E-state index in [9.17, 15) is 9.90 Å². The van der Waals surface area contributed by atoms with Crippen molar-refractivity contribution < 1.29 is 11.3 Å². The minimum atomic E-state index is -0.514. The lowest BCUT2D eigenvalue weighted by Crippen LogP contribution is -2.52. The first-order chi connectivity index (χ1) is 10.7. The van der Waals surface area contributed by atoms with Gasteiger partial charge in [-0.15, -0.1) is 0 Å². The molecule has 0 amide bonds. The summed E-state index contributed by atoms with van der Waals surface area (Å²) < 4.78 is 8.89. The molecule has 4 aliphatic rings. The Labute approximate surface area is 135 Å². The standard InChI is InChI=1S/C20H30O2/c1-12-10-17(22)20(3)9-7-16-15(18(12)20)5-4-13-11-14(21)6-8-19(13,16)2/h11-12,15-18,22H,4-10H2,1-3H3/t12?,15-,16+,17+,18+,19+,20-/m1/s1/i12D. The fraction of sp³-hybridized carbons (Fsp3) is 0.850. The van der Waals surface area contributed by atoms with Crippen LogP contribution in [0.1, 0.15) is 67.1 Å². The molecule has 1 unspecified atom stereocenters. The predicted octanol–water partition coefficient (Wildman–Crippen LogP) is 4.13. The minimum Gasteiger partial charge on any atom is -0.393 e. The van der Waals surface area contributed by atoms with Gasteiger partial charge in [-0.3, -0.25) is 4.79 Å². The summed E-state index contributed by atoms with van der Waals surface area (Å²) in [4.78, 5) is 11.9. The lowest BCUT2D eigenvalue weighted by atomic mass is 9.46. The lowest BCUT2D eigenvalue weighted by molar-refractivity contribution is -0.118. The summed E-state index contributed by atoms with van der Waals surface area (Å²) in [5.74, 6) is 1.20. The van der Waals surface area contributed by atoms with Gasteiger partial charge in [0.1, 0.15) is 0 Å². The maximum Gasteiger partial charge on any atom is 0.155 e. The van der Waals surface area contributed by atoms with Crippen molar-refractivity contribution in [2.24, 2.45) is 34.5 Å². The number of aliphatic hydroxyl groups is 1. The van der Waals surface area contributed by atoms with Crippen molar-refractivity contribution in [3.8, 4) is 0 Å². The van der Waals surface area contributed by atoms with Crippen molar-refractivity contribution >= 4 is 5.78 Å². The topological polar surface area (TPSA) is 37.3 Å². The zero-order valence-electron chi connectivity index (χ0n) is 15.2. The van der Waals surface area contributed by atoms with Gasteiger partial charge in [-0.1, -0.05) is 26.3 Å². The summed E-state index contributed by atoms with van der Waals surface area (Å²) in [6.45, 7) is 6.65. The third-order valence-corrected chi connectivity index (χ3v) is 7.98. The van der Waals surface area contributed by atoms with Gasteiger partial charge >= 0.3 is 0 Å². The first kappa shape index (κ1) is 13.8. The van der Waals surface area contributed by atoms with Gasteiger partial charge in [-0.25, -0.2) is 0 Å². The van der Waals surface area contributed by atoms with E-state index in [0.717, 1.165) is 32.1 Å². The number of carbonyl (C=O) groups excluding carboxylic acids is 1. The van der Waals surface area contributed by atoms with E-state index in [-0.39, 0.29) is 16.9 Å². The van der Waals surface area contributed by atoms with Crippen LogP contribution >= 0.6 is 0 Å². The van der Waals surface area contributed by atoms with Crippen molar-refractivity contribution in [2.45, 2.75) is 71.8 Å². The highest BCUT2D eigenvalue weighted by atomic mass is 16.3. The van der Waals surface area contributed by atoms with Crippen molar-refractivity contribution in [2.75, 3.05) is 0 Å². The van der Waals surface area contributed by atoms with E-state index >= 15 is 0 Å². The fourth-order valence-electron chi connectivity index (χ4n) is 6.76. The van der Waals surface area contributed by atoms with Crippen LogP contribution < -0.4 is 0 Å². The molecule has 3 fully saturated rings. The molecular formula is C20H30O2. The fourth-order valence-corrected chi connectivity index (χ4v) is 6.76. The highest BCUT2D eigenvalue weighted by Gasteiger charge is 2.60. The predicted molar refractivity (Wildman–Crippen MR) is 87.3 cm³/mol. The highest BCUT2D eigenvalue weighted by Crippen LogP contribution is 2.66. The second-order valence-corrected chi connectivity index (χ2v) is 8.95. The second-order valence-electron chi connectivity index (χ2n) is 8.95. The van der Waals surface area contributed by atoms with Crippen molar-refractivity contribution in [3.05, 3.63) is 11.6 Å². The Hall–Kier alpha value is -0.630. The van der Waals surface area contributed by atoms with Gasteiger partial charge in [0, 0.05) is 7.79 Å². The van der Waals surface area contributed by atoms with E-state index in [0.29, 0.717) is 36.4 Å². The Morgan fingerprint density at radius 3 is 2.82 bits per heavy atom. The molecule has 2 heteroatoms. The number of hydrogen-bond donors (Lipinski definition) is 1. The maximum absolute atomic E-state index is 11.9. The molecule has 4 rings (SSSR count). The smallest absolute Gasteiger partial charge is 0.155 e. The molecule has 0 heterocycles. The van der Waals surface area contributed by atoms with Gasteiger partial charge in [0.2, 0.25) is 0 Å². The Balaban J connectivity index is 1.74. The van der Waals surface area contributed by atoms with Crippen LogP contribution in [-0.4, -0.2) is 17.0 Å². The molecule has 0 radical (unpaired) electrons. The van der Waals surface area contributed by atoms with Gasteiger partial charge in [-0.2, -0.15) is 0 Å². The molecule has 0 saturated heterocycles. The molecule has 0 bridgehead atoms. The van der Waals surface area contributed by atoms with Crippen LogP contribution in [0.4, 0.5) is 0 Å². The molecule has 0 aromatic rings. The van der Waals surface area contributed by atoms with Gasteiger partial charge in [0.25, 0.3) is 0 Å². The SMILES string of the molecule is [2H]C1(C)C[C@H](O)[C@@]2(C)CC[C@H]3[C@@H](CCC4=CC(=O)CC[C@@]43C)[C@H]12. The Morgan fingerprint density at radius 1 is 1.27 bits per heavy atom. The summed E-state index contributed by atoms with van der Waals surface area (Å²) in [6, 6.07) is 0. The molecule has 4 aliphatic carbocycles. The zero-order chi connectivity index (χ0) is 16.6. The summed E-state index contributed by atoms with van der Waals surface area (Å²) in [6.07, 6.45) is 8.20. The van der Waals surface area contributed by atoms with E-state index < -0.39 is 5.89 Å². The number of carbonyl (C=O) groups is 1. The quantitative estimate of drug-likeness (QED) is 0.730. The maximum atomic E-state index is 11.9. The van der Waals surface area contributed by atoms with Crippen LogP contribution in [0.2, 0.25) is 0 Å². The average molecular weight is 303 g/mol. The van der Waals surface area contributed by atoms with Crippen LogP contribution in [0.3, 0.4) is 0 Å². The Kier molecular flexibility index (Phi) is 2.94. The van der Waals surface area contributed by atoms with Crippen LogP contribution in [-0.2, 0) is 4.79 Å². The number of allylic oxidation sites excluding steroid dienone is 1. The molecule has 122 valence electrons. The summed E-state index contributed by atoms with van der Waals surface area (Å²) in [5.41, 5.74) is 1.45. The van der Waals surface area contributed by atoms with Gasteiger partial charge in [0.15, 0.2) is 5.78 Å². The highest BCUT2D eigenvalue weighted by molar-refractivity contribution is 5.91. The minimum absolute atomic E-state index is 0.0836. The third kappa shape index (κ3) is 1.79. The van der Waals surface area contributed by atoms with E-state index in [1.165, 1.54) is 5.57 Å². The van der Waals surface area contributed by atoms with Crippen molar-refractivity contribution in [1.82, 2.24) is 0 Å². The average Bonchev–Trinajstić information content (AvgIpc) is 2.65. The first-order valence-electron chi connectivity index (χ1n) is 9.60. The number of fused-ring (bicyclic) bond motifs is 5. The van der Waals surface area contributed by atoms with Gasteiger partial charge < -0.3 is 5.11 Å². The number of aliphatic hydroxyl groups excluding tert-OH is 1. The van der Waals surface area contributed by atoms with E-state index in [2.05, 4.69) is 13.8 Å². The van der Waals surface area contributed by atoms with Crippen molar-refractivity contribution in [1.29, 1.82) is 0 Å². The van der Waals surface area contributed by atoms with Gasteiger partial charge in [0.05, 0.1) is 6.10 Å². The molecule has 7 atom stereocenters. The largest absolute Gasteiger partial charge is 0.393 e. The van der Waals surface area contributed by atoms with Crippen LogP contribution in [0.25, 0.3) is 0 Å². The van der Waals surface area contributed by atoms with Crippen molar-refractivity contribution in [3.63, 3.8) is 0 Å². The monoisotopic (exact) mass is 303 g/mol. The van der Waals surface area contributed by atoms with E-state index in [4.69, 9.17) is 1.37 Å². The number of hydrogen-bond acceptors (Lipinski definition) is 2. The molecular weight excluding hydrogens is 272 g/mol. The third-order valence-electron chi connectivity index (χ3n) is 7.98. The molecule has 0 aromatic heterocycles. The second kappa shape index (κ2) is 4.69. The normalized spacial score (nSPS) is 58.3. The molecule has 3 saturated carbocycles. The molecule has 0 aliphatic heterocycles. The van der Waals surface area contributed by atoms with Gasteiger partial charge in [-0.05, 0) is 79.1 Å². The summed E-state index contributed by atoms with van der Waals surface area (Å²) in [5, 5.41) is 10.7. The molecule has 0 aromatic carbocycles. The summed E-state index contributed by atoms with van der Waals surface area (Å²) in [7, 11) is 0. The lowest BCUT2D eigenvalue weighted by Gasteiger charge is -2.58. The van der Waals surface area contributed by atoms with Crippen LogP contribution in [0.15, 0.2) is 11.6 Å². The zero-order valence-corrected chi connectivity index (χ0v) is 14.2. The molecule has 0 spiro atoms. The molecule has 2 nitrogen and oxygen atoms in total. The Bertz CT molecular complexity index is 580. The first-order valence-corrected chi connectivity index (χ1v) is 9.10. The summed E-state index contributed by atoms with van der Waals surface area (Å²) >= 11 is 0. The Morgan fingerprint density at radius 2 is 2.05 bits per heavy atom. The van der Waals surface area contributed by atoms with E-state index in [1.54, 1.807) is 0 Å². The molecule has 1 N–H and O–H groups in total.